The highest BCUT2D eigenvalue weighted by atomic mass is 79.9. The number of nitrogens with two attached hydrogens (primary N) is 1. The van der Waals surface area contributed by atoms with E-state index >= 15 is 0 Å². The Labute approximate surface area is 122 Å². The van der Waals surface area contributed by atoms with Gasteiger partial charge in [-0.15, -0.1) is 0 Å². The Balaban J connectivity index is 2.28. The average Bonchev–Trinajstić information content (AvgIpc) is 2.36. The van der Waals surface area contributed by atoms with E-state index in [1.54, 1.807) is 18.2 Å². The molecule has 19 heavy (non-hydrogen) atoms. The molecule has 0 aliphatic rings. The van der Waals surface area contributed by atoms with Gasteiger partial charge in [0.05, 0.1) is 22.0 Å². The van der Waals surface area contributed by atoms with Gasteiger partial charge in [-0.2, -0.15) is 0 Å². The van der Waals surface area contributed by atoms with Crippen molar-refractivity contribution in [2.45, 2.75) is 0 Å². The summed E-state index contributed by atoms with van der Waals surface area (Å²) in [6.07, 6.45) is 0. The lowest BCUT2D eigenvalue weighted by atomic mass is 10.2. The molecule has 3 nitrogen and oxygen atoms in total. The fourth-order valence-electron chi connectivity index (χ4n) is 1.51. The lowest BCUT2D eigenvalue weighted by Crippen LogP contribution is -2.13. The SMILES string of the molecule is Nc1cccc(C(=O)Nc2ccc(F)cc2Br)c1Cl. The van der Waals surface area contributed by atoms with Gasteiger partial charge in [-0.1, -0.05) is 17.7 Å². The van der Waals surface area contributed by atoms with E-state index in [-0.39, 0.29) is 10.6 Å². The predicted octanol–water partition coefficient (Wildman–Crippen LogP) is 4.08. The van der Waals surface area contributed by atoms with Crippen LogP contribution in [0.4, 0.5) is 15.8 Å². The number of benzene rings is 2. The number of nitrogens with one attached hydrogen (secondary N) is 1. The van der Waals surface area contributed by atoms with E-state index < -0.39 is 11.7 Å². The maximum absolute atomic E-state index is 12.9. The van der Waals surface area contributed by atoms with Gasteiger partial charge in [0, 0.05) is 4.47 Å². The molecule has 0 aromatic heterocycles. The first-order valence-corrected chi connectivity index (χ1v) is 6.46. The summed E-state index contributed by atoms with van der Waals surface area (Å²) in [6.45, 7) is 0. The largest absolute Gasteiger partial charge is 0.398 e. The molecule has 0 atom stereocenters. The van der Waals surface area contributed by atoms with E-state index in [4.69, 9.17) is 17.3 Å². The number of hydrogen-bond acceptors (Lipinski definition) is 2. The minimum absolute atomic E-state index is 0.193. The molecule has 2 aromatic rings. The maximum atomic E-state index is 12.9. The Bertz CT molecular complexity index is 649. The molecular formula is C13H9BrClFN2O. The molecule has 2 aromatic carbocycles. The van der Waals surface area contributed by atoms with Crippen molar-refractivity contribution < 1.29 is 9.18 Å². The maximum Gasteiger partial charge on any atom is 0.257 e. The zero-order valence-corrected chi connectivity index (χ0v) is 11.9. The van der Waals surface area contributed by atoms with Crippen LogP contribution in [-0.4, -0.2) is 5.91 Å². The van der Waals surface area contributed by atoms with Gasteiger partial charge in [0.1, 0.15) is 5.82 Å². The summed E-state index contributed by atoms with van der Waals surface area (Å²) in [4.78, 5) is 12.1. The van der Waals surface area contributed by atoms with E-state index in [0.717, 1.165) is 0 Å². The van der Waals surface area contributed by atoms with Crippen LogP contribution < -0.4 is 11.1 Å². The van der Waals surface area contributed by atoms with Gasteiger partial charge in [-0.05, 0) is 46.3 Å². The van der Waals surface area contributed by atoms with Crippen LogP contribution in [0.1, 0.15) is 10.4 Å². The molecule has 2 rings (SSSR count). The van der Waals surface area contributed by atoms with Crippen LogP contribution in [0, 0.1) is 5.82 Å². The first-order valence-electron chi connectivity index (χ1n) is 5.29. The molecule has 3 N–H and O–H groups in total. The Hall–Kier alpha value is -1.59. The highest BCUT2D eigenvalue weighted by Gasteiger charge is 2.13. The van der Waals surface area contributed by atoms with Crippen molar-refractivity contribution in [1.29, 1.82) is 0 Å². The van der Waals surface area contributed by atoms with Crippen molar-refractivity contribution in [3.05, 3.63) is 57.3 Å². The Morgan fingerprint density at radius 1 is 1.32 bits per heavy atom. The van der Waals surface area contributed by atoms with Crippen LogP contribution in [0.25, 0.3) is 0 Å². The van der Waals surface area contributed by atoms with Crippen LogP contribution in [0.5, 0.6) is 0 Å². The molecule has 0 saturated heterocycles. The normalized spacial score (nSPS) is 10.3. The number of anilines is 2. The van der Waals surface area contributed by atoms with Crippen LogP contribution in [0.15, 0.2) is 40.9 Å². The van der Waals surface area contributed by atoms with Crippen LogP contribution in [0.3, 0.4) is 0 Å². The lowest BCUT2D eigenvalue weighted by molar-refractivity contribution is 0.102. The third-order valence-electron chi connectivity index (χ3n) is 2.45. The number of nitrogen functional groups attached to an aromatic ring is 1. The van der Waals surface area contributed by atoms with Gasteiger partial charge >= 0.3 is 0 Å². The topological polar surface area (TPSA) is 55.1 Å². The molecule has 6 heteroatoms. The van der Waals surface area contributed by atoms with E-state index in [1.165, 1.54) is 18.2 Å². The van der Waals surface area contributed by atoms with Gasteiger partial charge in [-0.25, -0.2) is 4.39 Å². The predicted molar refractivity (Wildman–Crippen MR) is 77.9 cm³/mol. The first kappa shape index (κ1) is 13.8. The Morgan fingerprint density at radius 3 is 2.74 bits per heavy atom. The van der Waals surface area contributed by atoms with E-state index in [0.29, 0.717) is 15.8 Å². The number of rotatable bonds is 2. The molecular weight excluding hydrogens is 335 g/mol. The summed E-state index contributed by atoms with van der Waals surface area (Å²) < 4.78 is 13.4. The summed E-state index contributed by atoms with van der Waals surface area (Å²) in [5.41, 5.74) is 6.67. The smallest absolute Gasteiger partial charge is 0.257 e. The number of carbonyl (C=O) groups is 1. The van der Waals surface area contributed by atoms with Crippen LogP contribution in [-0.2, 0) is 0 Å². The number of carbonyl (C=O) groups excluding carboxylic acids is 1. The van der Waals surface area contributed by atoms with Crippen molar-refractivity contribution >= 4 is 44.8 Å². The second-order valence-electron chi connectivity index (χ2n) is 3.79. The highest BCUT2D eigenvalue weighted by Crippen LogP contribution is 2.27. The molecule has 0 heterocycles. The number of hydrogen-bond donors (Lipinski definition) is 2. The van der Waals surface area contributed by atoms with E-state index in [2.05, 4.69) is 21.2 Å². The molecule has 0 spiro atoms. The first-order chi connectivity index (χ1) is 8.99. The molecule has 1 amide bonds. The highest BCUT2D eigenvalue weighted by molar-refractivity contribution is 9.10. The standard InChI is InChI=1S/C13H9BrClFN2O/c14-9-6-7(16)4-5-11(9)18-13(19)8-2-1-3-10(17)12(8)15/h1-6H,17H2,(H,18,19). The van der Waals surface area contributed by atoms with Crippen molar-refractivity contribution in [3.8, 4) is 0 Å². The molecule has 0 aliphatic heterocycles. The van der Waals surface area contributed by atoms with E-state index in [1.807, 2.05) is 0 Å². The molecule has 0 saturated carbocycles. The van der Waals surface area contributed by atoms with Crippen molar-refractivity contribution in [2.24, 2.45) is 0 Å². The van der Waals surface area contributed by atoms with Crippen molar-refractivity contribution in [3.63, 3.8) is 0 Å². The fraction of sp³-hybridized carbons (Fsp3) is 0. The third-order valence-corrected chi connectivity index (χ3v) is 3.53. The molecule has 0 fully saturated rings. The Morgan fingerprint density at radius 2 is 2.05 bits per heavy atom. The molecule has 98 valence electrons. The van der Waals surface area contributed by atoms with Crippen molar-refractivity contribution in [2.75, 3.05) is 11.1 Å². The minimum Gasteiger partial charge on any atom is -0.398 e. The summed E-state index contributed by atoms with van der Waals surface area (Å²) in [7, 11) is 0. The summed E-state index contributed by atoms with van der Waals surface area (Å²) >= 11 is 9.13. The van der Waals surface area contributed by atoms with Gasteiger partial charge in [-0.3, -0.25) is 4.79 Å². The summed E-state index contributed by atoms with van der Waals surface area (Å²) in [6, 6.07) is 8.77. The Kier molecular flexibility index (Phi) is 4.07. The quantitative estimate of drug-likeness (QED) is 0.807. The third kappa shape index (κ3) is 3.05. The molecule has 0 unspecified atom stereocenters. The molecule has 0 bridgehead atoms. The summed E-state index contributed by atoms with van der Waals surface area (Å²) in [5, 5.41) is 2.82. The lowest BCUT2D eigenvalue weighted by Gasteiger charge is -2.09. The molecule has 0 aliphatic carbocycles. The second kappa shape index (κ2) is 5.59. The van der Waals surface area contributed by atoms with Crippen molar-refractivity contribution in [1.82, 2.24) is 0 Å². The van der Waals surface area contributed by atoms with Gasteiger partial charge in [0.2, 0.25) is 0 Å². The average molecular weight is 344 g/mol. The zero-order chi connectivity index (χ0) is 14.0. The van der Waals surface area contributed by atoms with Gasteiger partial charge in [0.15, 0.2) is 0 Å². The fourth-order valence-corrected chi connectivity index (χ4v) is 2.17. The van der Waals surface area contributed by atoms with E-state index in [9.17, 15) is 9.18 Å². The van der Waals surface area contributed by atoms with Gasteiger partial charge in [0.25, 0.3) is 5.91 Å². The van der Waals surface area contributed by atoms with Gasteiger partial charge < -0.3 is 11.1 Å². The number of amides is 1. The molecule has 0 radical (unpaired) electrons. The number of halogens is 3. The summed E-state index contributed by atoms with van der Waals surface area (Å²) in [5.74, 6) is -0.809. The zero-order valence-electron chi connectivity index (χ0n) is 9.58. The monoisotopic (exact) mass is 342 g/mol. The van der Waals surface area contributed by atoms with Crippen LogP contribution in [0.2, 0.25) is 5.02 Å². The minimum atomic E-state index is -0.412. The second-order valence-corrected chi connectivity index (χ2v) is 5.02. The van der Waals surface area contributed by atoms with Crippen LogP contribution >= 0.6 is 27.5 Å².